The van der Waals surface area contributed by atoms with Crippen molar-refractivity contribution in [2.24, 2.45) is 0 Å². The van der Waals surface area contributed by atoms with E-state index in [9.17, 15) is 0 Å². The van der Waals surface area contributed by atoms with Gasteiger partial charge in [-0.25, -0.2) is 0 Å². The van der Waals surface area contributed by atoms with Crippen LogP contribution < -0.4 is 0 Å². The van der Waals surface area contributed by atoms with Gasteiger partial charge in [0.05, 0.1) is 6.26 Å². The number of allylic oxidation sites excluding steroid dienone is 1. The van der Waals surface area contributed by atoms with Crippen molar-refractivity contribution in [2.75, 3.05) is 0 Å². The van der Waals surface area contributed by atoms with E-state index in [-0.39, 0.29) is 0 Å². The SMILES string of the molecule is CC/C=C\c1c(C)coc1C(C)C. The summed E-state index contributed by atoms with van der Waals surface area (Å²) in [6.45, 7) is 8.54. The summed E-state index contributed by atoms with van der Waals surface area (Å²) in [5, 5.41) is 0. The van der Waals surface area contributed by atoms with Crippen molar-refractivity contribution >= 4 is 6.08 Å². The van der Waals surface area contributed by atoms with Crippen LogP contribution in [-0.4, -0.2) is 0 Å². The molecule has 13 heavy (non-hydrogen) atoms. The summed E-state index contributed by atoms with van der Waals surface area (Å²) in [6.07, 6.45) is 7.24. The lowest BCUT2D eigenvalue weighted by Crippen LogP contribution is -1.87. The van der Waals surface area contributed by atoms with E-state index >= 15 is 0 Å². The number of hydrogen-bond acceptors (Lipinski definition) is 1. The summed E-state index contributed by atoms with van der Waals surface area (Å²) in [4.78, 5) is 0. The molecule has 0 atom stereocenters. The molecule has 0 fully saturated rings. The van der Waals surface area contributed by atoms with E-state index in [1.54, 1.807) is 0 Å². The standard InChI is InChI=1S/C12H18O/c1-5-6-7-11-10(4)8-13-12(11)9(2)3/h6-9H,5H2,1-4H3/b7-6-. The van der Waals surface area contributed by atoms with Crippen molar-refractivity contribution in [3.05, 3.63) is 29.2 Å². The Kier molecular flexibility index (Phi) is 3.35. The summed E-state index contributed by atoms with van der Waals surface area (Å²) in [6, 6.07) is 0. The molecular weight excluding hydrogens is 160 g/mol. The first-order chi connectivity index (χ1) is 6.16. The molecule has 0 aromatic carbocycles. The minimum Gasteiger partial charge on any atom is -0.468 e. The van der Waals surface area contributed by atoms with Gasteiger partial charge in [-0.3, -0.25) is 0 Å². The van der Waals surface area contributed by atoms with E-state index in [1.165, 1.54) is 11.1 Å². The second-order valence-corrected chi connectivity index (χ2v) is 3.66. The Morgan fingerprint density at radius 2 is 2.15 bits per heavy atom. The van der Waals surface area contributed by atoms with Crippen molar-refractivity contribution in [2.45, 2.75) is 40.0 Å². The van der Waals surface area contributed by atoms with Crippen molar-refractivity contribution in [1.82, 2.24) is 0 Å². The zero-order chi connectivity index (χ0) is 9.84. The fourth-order valence-electron chi connectivity index (χ4n) is 1.37. The molecule has 0 unspecified atom stereocenters. The molecule has 0 N–H and O–H groups in total. The first-order valence-corrected chi connectivity index (χ1v) is 4.91. The van der Waals surface area contributed by atoms with Crippen LogP contribution in [0.1, 0.15) is 50.0 Å². The van der Waals surface area contributed by atoms with Gasteiger partial charge in [0.25, 0.3) is 0 Å². The van der Waals surface area contributed by atoms with Gasteiger partial charge in [-0.15, -0.1) is 0 Å². The topological polar surface area (TPSA) is 13.1 Å². The maximum atomic E-state index is 5.50. The molecule has 0 amide bonds. The summed E-state index contributed by atoms with van der Waals surface area (Å²) in [5.74, 6) is 1.56. The first-order valence-electron chi connectivity index (χ1n) is 4.91. The number of aryl methyl sites for hydroxylation is 1. The molecule has 0 aliphatic rings. The van der Waals surface area contributed by atoms with Crippen LogP contribution in [0.15, 0.2) is 16.8 Å². The smallest absolute Gasteiger partial charge is 0.113 e. The summed E-state index contributed by atoms with van der Waals surface area (Å²) >= 11 is 0. The lowest BCUT2D eigenvalue weighted by atomic mass is 10.0. The van der Waals surface area contributed by atoms with Crippen molar-refractivity contribution in [3.63, 3.8) is 0 Å². The highest BCUT2D eigenvalue weighted by atomic mass is 16.3. The van der Waals surface area contributed by atoms with E-state index in [0.717, 1.165) is 12.2 Å². The van der Waals surface area contributed by atoms with Crippen molar-refractivity contribution in [3.8, 4) is 0 Å². The van der Waals surface area contributed by atoms with E-state index < -0.39 is 0 Å². The molecular formula is C12H18O. The molecule has 0 aliphatic carbocycles. The largest absolute Gasteiger partial charge is 0.468 e. The van der Waals surface area contributed by atoms with Gasteiger partial charge in [0.1, 0.15) is 5.76 Å². The van der Waals surface area contributed by atoms with Gasteiger partial charge in [-0.05, 0) is 18.9 Å². The molecule has 1 heterocycles. The molecule has 0 radical (unpaired) electrons. The summed E-state index contributed by atoms with van der Waals surface area (Å²) in [5.41, 5.74) is 2.49. The molecule has 1 rings (SSSR count). The van der Waals surface area contributed by atoms with Crippen LogP contribution >= 0.6 is 0 Å². The van der Waals surface area contributed by atoms with Crippen LogP contribution in [0.3, 0.4) is 0 Å². The molecule has 1 heteroatoms. The van der Waals surface area contributed by atoms with Gasteiger partial charge in [-0.1, -0.05) is 32.9 Å². The van der Waals surface area contributed by atoms with Gasteiger partial charge in [0.15, 0.2) is 0 Å². The van der Waals surface area contributed by atoms with Gasteiger partial charge in [0, 0.05) is 11.5 Å². The first kappa shape index (κ1) is 10.1. The molecule has 0 spiro atoms. The minimum atomic E-state index is 0.463. The van der Waals surface area contributed by atoms with E-state index in [0.29, 0.717) is 5.92 Å². The fourth-order valence-corrected chi connectivity index (χ4v) is 1.37. The zero-order valence-electron chi connectivity index (χ0n) is 8.92. The monoisotopic (exact) mass is 178 g/mol. The molecule has 0 aliphatic heterocycles. The molecule has 1 aromatic heterocycles. The Hall–Kier alpha value is -0.980. The summed E-state index contributed by atoms with van der Waals surface area (Å²) in [7, 11) is 0. The maximum Gasteiger partial charge on any atom is 0.113 e. The minimum absolute atomic E-state index is 0.463. The molecule has 0 bridgehead atoms. The Morgan fingerprint density at radius 1 is 1.46 bits per heavy atom. The third-order valence-corrected chi connectivity index (χ3v) is 2.10. The van der Waals surface area contributed by atoms with E-state index in [1.807, 2.05) is 6.26 Å². The quantitative estimate of drug-likeness (QED) is 0.678. The molecule has 1 aromatic rings. The summed E-state index contributed by atoms with van der Waals surface area (Å²) < 4.78 is 5.50. The van der Waals surface area contributed by atoms with Gasteiger partial charge < -0.3 is 4.42 Å². The predicted molar refractivity (Wildman–Crippen MR) is 56.9 cm³/mol. The number of furan rings is 1. The van der Waals surface area contributed by atoms with E-state index in [4.69, 9.17) is 4.42 Å². The van der Waals surface area contributed by atoms with Crippen LogP contribution in [-0.2, 0) is 0 Å². The molecule has 0 saturated carbocycles. The van der Waals surface area contributed by atoms with Crippen LogP contribution in [0.2, 0.25) is 0 Å². The fraction of sp³-hybridized carbons (Fsp3) is 0.500. The predicted octanol–water partition coefficient (Wildman–Crippen LogP) is 4.13. The van der Waals surface area contributed by atoms with Crippen molar-refractivity contribution < 1.29 is 4.42 Å². The van der Waals surface area contributed by atoms with Gasteiger partial charge in [0.2, 0.25) is 0 Å². The highest BCUT2D eigenvalue weighted by Gasteiger charge is 2.10. The van der Waals surface area contributed by atoms with E-state index in [2.05, 4.69) is 39.8 Å². The molecule has 72 valence electrons. The Bertz CT molecular complexity index is 292. The lowest BCUT2D eigenvalue weighted by Gasteiger charge is -2.01. The van der Waals surface area contributed by atoms with Crippen LogP contribution in [0, 0.1) is 6.92 Å². The van der Waals surface area contributed by atoms with Crippen molar-refractivity contribution in [1.29, 1.82) is 0 Å². The number of rotatable bonds is 3. The second kappa shape index (κ2) is 4.31. The average molecular weight is 178 g/mol. The molecule has 1 nitrogen and oxygen atoms in total. The van der Waals surface area contributed by atoms with Crippen LogP contribution in [0.25, 0.3) is 6.08 Å². The highest BCUT2D eigenvalue weighted by Crippen LogP contribution is 2.25. The normalized spacial score (nSPS) is 11.8. The zero-order valence-corrected chi connectivity index (χ0v) is 8.92. The van der Waals surface area contributed by atoms with Crippen LogP contribution in [0.5, 0.6) is 0 Å². The third-order valence-electron chi connectivity index (χ3n) is 2.10. The number of hydrogen-bond donors (Lipinski definition) is 0. The maximum absolute atomic E-state index is 5.50. The Morgan fingerprint density at radius 3 is 2.69 bits per heavy atom. The highest BCUT2D eigenvalue weighted by molar-refractivity contribution is 5.55. The average Bonchev–Trinajstić information content (AvgIpc) is 2.43. The third kappa shape index (κ3) is 2.24. The van der Waals surface area contributed by atoms with Crippen LogP contribution in [0.4, 0.5) is 0 Å². The van der Waals surface area contributed by atoms with Gasteiger partial charge >= 0.3 is 0 Å². The Labute approximate surface area is 80.5 Å². The second-order valence-electron chi connectivity index (χ2n) is 3.66. The van der Waals surface area contributed by atoms with Gasteiger partial charge in [-0.2, -0.15) is 0 Å². The molecule has 0 saturated heterocycles. The lowest BCUT2D eigenvalue weighted by molar-refractivity contribution is 0.485. The Balaban J connectivity index is 3.01.